The van der Waals surface area contributed by atoms with Crippen LogP contribution in [0, 0.1) is 0 Å². The van der Waals surface area contributed by atoms with Crippen molar-refractivity contribution in [3.8, 4) is 11.1 Å². The first-order valence-corrected chi connectivity index (χ1v) is 10.2. The van der Waals surface area contributed by atoms with Gasteiger partial charge in [0.15, 0.2) is 0 Å². The van der Waals surface area contributed by atoms with E-state index in [4.69, 9.17) is 11.6 Å². The molecule has 0 N–H and O–H groups in total. The van der Waals surface area contributed by atoms with Gasteiger partial charge in [0.25, 0.3) is 5.91 Å². The highest BCUT2D eigenvalue weighted by Gasteiger charge is 2.33. The van der Waals surface area contributed by atoms with Gasteiger partial charge in [0.2, 0.25) is 0 Å². The van der Waals surface area contributed by atoms with Gasteiger partial charge in [-0.15, -0.1) is 0 Å². The molecule has 0 fully saturated rings. The van der Waals surface area contributed by atoms with E-state index >= 15 is 0 Å². The van der Waals surface area contributed by atoms with Gasteiger partial charge in [-0.25, -0.2) is 4.57 Å². The van der Waals surface area contributed by atoms with Crippen LogP contribution in [0.5, 0.6) is 0 Å². The van der Waals surface area contributed by atoms with Crippen molar-refractivity contribution in [3.05, 3.63) is 98.6 Å². The first kappa shape index (κ1) is 21.1. The van der Waals surface area contributed by atoms with Crippen molar-refractivity contribution >= 4 is 45.1 Å². The molecule has 1 heterocycles. The predicted molar refractivity (Wildman–Crippen MR) is 118 cm³/mol. The summed E-state index contributed by atoms with van der Waals surface area (Å²) in [6, 6.07) is 16.5. The van der Waals surface area contributed by atoms with E-state index in [0.29, 0.717) is 26.4 Å². The van der Waals surface area contributed by atoms with Gasteiger partial charge in [0.1, 0.15) is 0 Å². The van der Waals surface area contributed by atoms with Gasteiger partial charge >= 0.3 is 11.0 Å². The van der Waals surface area contributed by atoms with E-state index in [-0.39, 0.29) is 5.56 Å². The number of fused-ring (bicyclic) bond motifs is 1. The van der Waals surface area contributed by atoms with Crippen molar-refractivity contribution in [1.29, 1.82) is 0 Å². The number of carbonyl (C=O) groups excluding carboxylic acids is 1. The van der Waals surface area contributed by atoms with Gasteiger partial charge in [0, 0.05) is 11.1 Å². The monoisotopic (exact) mass is 459 g/mol. The topological polar surface area (TPSA) is 39.1 Å². The average molecular weight is 460 g/mol. The van der Waals surface area contributed by atoms with E-state index < -0.39 is 22.5 Å². The molecule has 31 heavy (non-hydrogen) atoms. The zero-order valence-electron chi connectivity index (χ0n) is 15.7. The second-order valence-electron chi connectivity index (χ2n) is 6.66. The molecular formula is C23H13ClF3NO2S. The molecule has 8 heteroatoms. The highest BCUT2D eigenvalue weighted by molar-refractivity contribution is 7.16. The molecule has 0 radical (unpaired) electrons. The number of carbonyl (C=O) groups is 1. The zero-order chi connectivity index (χ0) is 22.2. The minimum absolute atomic E-state index is 0.0495. The summed E-state index contributed by atoms with van der Waals surface area (Å²) >= 11 is 6.84. The molecule has 156 valence electrons. The lowest BCUT2D eigenvalue weighted by Crippen LogP contribution is -2.19. The maximum absolute atomic E-state index is 13.3. The third-order valence-corrected chi connectivity index (χ3v) is 5.75. The fraction of sp³-hybridized carbons (Fsp3) is 0.0435. The molecule has 0 atom stereocenters. The summed E-state index contributed by atoms with van der Waals surface area (Å²) in [5, 5.41) is 0.458. The maximum atomic E-state index is 13.3. The van der Waals surface area contributed by atoms with Crippen molar-refractivity contribution in [3.63, 3.8) is 0 Å². The van der Waals surface area contributed by atoms with Crippen LogP contribution in [0.4, 0.5) is 13.2 Å². The second-order valence-corrected chi connectivity index (χ2v) is 8.09. The van der Waals surface area contributed by atoms with Crippen molar-refractivity contribution in [1.82, 2.24) is 4.57 Å². The Balaban J connectivity index is 1.67. The SMILES string of the molecule is O=C(/C=C/c1cccc(-c2ccccc2C(F)(F)F)c1)n1c(=O)sc2cc(Cl)ccc21. The highest BCUT2D eigenvalue weighted by Crippen LogP contribution is 2.37. The minimum Gasteiger partial charge on any atom is -0.269 e. The number of hydrogen-bond acceptors (Lipinski definition) is 3. The first-order valence-electron chi connectivity index (χ1n) is 9.04. The summed E-state index contributed by atoms with van der Waals surface area (Å²) in [5.74, 6) is -0.556. The molecular weight excluding hydrogens is 447 g/mol. The van der Waals surface area contributed by atoms with Crippen LogP contribution < -0.4 is 4.87 Å². The lowest BCUT2D eigenvalue weighted by molar-refractivity contribution is -0.137. The first-order chi connectivity index (χ1) is 14.7. The van der Waals surface area contributed by atoms with Crippen molar-refractivity contribution in [2.24, 2.45) is 0 Å². The number of rotatable bonds is 3. The Morgan fingerprint density at radius 2 is 1.77 bits per heavy atom. The lowest BCUT2D eigenvalue weighted by Gasteiger charge is -2.13. The molecule has 1 aromatic heterocycles. The molecule has 0 saturated heterocycles. The molecule has 0 bridgehead atoms. The standard InChI is InChI=1S/C23H13ClF3NO2S/c24-16-9-10-19-20(13-16)31-22(30)28(19)21(29)11-8-14-4-3-5-15(12-14)17-6-1-2-7-18(17)23(25,26)27/h1-13H/b11-8+. The molecule has 0 amide bonds. The second kappa shape index (κ2) is 8.17. The summed E-state index contributed by atoms with van der Waals surface area (Å²) in [5.41, 5.74) is 0.659. The summed E-state index contributed by atoms with van der Waals surface area (Å²) in [6.07, 6.45) is -1.80. The molecule has 3 aromatic carbocycles. The number of halogens is 4. The molecule has 0 aliphatic carbocycles. The fourth-order valence-electron chi connectivity index (χ4n) is 3.24. The van der Waals surface area contributed by atoms with Crippen LogP contribution in [0.25, 0.3) is 27.4 Å². The molecule has 3 nitrogen and oxygen atoms in total. The minimum atomic E-state index is -4.48. The molecule has 0 aliphatic heterocycles. The molecule has 0 saturated carbocycles. The van der Waals surface area contributed by atoms with Crippen LogP contribution in [-0.2, 0) is 6.18 Å². The van der Waals surface area contributed by atoms with Gasteiger partial charge in [-0.1, -0.05) is 59.3 Å². The Hall–Kier alpha value is -3.16. The third kappa shape index (κ3) is 4.33. The van der Waals surface area contributed by atoms with Crippen LogP contribution in [-0.4, -0.2) is 10.5 Å². The largest absolute Gasteiger partial charge is 0.417 e. The van der Waals surface area contributed by atoms with Crippen LogP contribution in [0.1, 0.15) is 15.9 Å². The number of thiazole rings is 1. The molecule has 0 aliphatic rings. The zero-order valence-corrected chi connectivity index (χ0v) is 17.3. The van der Waals surface area contributed by atoms with Crippen LogP contribution in [0.2, 0.25) is 5.02 Å². The van der Waals surface area contributed by atoms with Crippen LogP contribution >= 0.6 is 22.9 Å². The molecule has 4 aromatic rings. The number of aromatic nitrogens is 1. The van der Waals surface area contributed by atoms with Gasteiger partial charge in [-0.3, -0.25) is 9.59 Å². The molecule has 0 spiro atoms. The van der Waals surface area contributed by atoms with Crippen LogP contribution in [0.15, 0.2) is 77.6 Å². The maximum Gasteiger partial charge on any atom is 0.417 e. The smallest absolute Gasteiger partial charge is 0.269 e. The number of allylic oxidation sites excluding steroid dienone is 1. The Morgan fingerprint density at radius 3 is 2.55 bits per heavy atom. The highest BCUT2D eigenvalue weighted by atomic mass is 35.5. The van der Waals surface area contributed by atoms with Gasteiger partial charge < -0.3 is 0 Å². The number of alkyl halides is 3. The normalized spacial score (nSPS) is 12.0. The van der Waals surface area contributed by atoms with E-state index in [2.05, 4.69) is 0 Å². The number of hydrogen-bond donors (Lipinski definition) is 0. The Labute approximate surface area is 183 Å². The number of nitrogens with zero attached hydrogens (tertiary/aromatic N) is 1. The Kier molecular flexibility index (Phi) is 5.56. The predicted octanol–water partition coefficient (Wildman–Crippen LogP) is 6.76. The Bertz CT molecular complexity index is 1390. The van der Waals surface area contributed by atoms with Gasteiger partial charge in [-0.2, -0.15) is 13.2 Å². The average Bonchev–Trinajstić information content (AvgIpc) is 3.06. The lowest BCUT2D eigenvalue weighted by atomic mass is 9.97. The Morgan fingerprint density at radius 1 is 1.00 bits per heavy atom. The molecule has 0 unspecified atom stereocenters. The van der Waals surface area contributed by atoms with Crippen molar-refractivity contribution < 1.29 is 18.0 Å². The fourth-order valence-corrected chi connectivity index (χ4v) is 4.39. The summed E-state index contributed by atoms with van der Waals surface area (Å²) < 4.78 is 41.6. The van der Waals surface area contributed by atoms with E-state index in [9.17, 15) is 22.8 Å². The molecule has 4 rings (SSSR count). The van der Waals surface area contributed by atoms with E-state index in [1.807, 2.05) is 0 Å². The summed E-state index contributed by atoms with van der Waals surface area (Å²) in [7, 11) is 0. The quantitative estimate of drug-likeness (QED) is 0.318. The third-order valence-electron chi connectivity index (χ3n) is 4.61. The van der Waals surface area contributed by atoms with E-state index in [1.165, 1.54) is 30.4 Å². The van der Waals surface area contributed by atoms with Gasteiger partial charge in [0.05, 0.1) is 15.8 Å². The summed E-state index contributed by atoms with van der Waals surface area (Å²) in [4.78, 5) is 24.4. The van der Waals surface area contributed by atoms with E-state index in [0.717, 1.165) is 22.0 Å². The van der Waals surface area contributed by atoms with Crippen molar-refractivity contribution in [2.45, 2.75) is 6.18 Å². The van der Waals surface area contributed by atoms with E-state index in [1.54, 1.807) is 42.5 Å². The van der Waals surface area contributed by atoms with Crippen molar-refractivity contribution in [2.75, 3.05) is 0 Å². The van der Waals surface area contributed by atoms with Crippen LogP contribution in [0.3, 0.4) is 0 Å². The summed E-state index contributed by atoms with van der Waals surface area (Å²) in [6.45, 7) is 0. The van der Waals surface area contributed by atoms with Gasteiger partial charge in [-0.05, 0) is 53.1 Å². The number of benzene rings is 3.